The van der Waals surface area contributed by atoms with Crippen molar-refractivity contribution in [1.82, 2.24) is 14.7 Å². The van der Waals surface area contributed by atoms with E-state index >= 15 is 4.39 Å². The Bertz CT molecular complexity index is 1520. The fraction of sp³-hybridized carbons (Fsp3) is 0.259. The molecule has 1 aliphatic heterocycles. The molecule has 0 unspecified atom stereocenters. The number of benzene rings is 2. The third kappa shape index (κ3) is 5.52. The number of aromatic nitrogens is 2. The van der Waals surface area contributed by atoms with Crippen LogP contribution in [0.25, 0.3) is 10.5 Å². The van der Waals surface area contributed by atoms with Gasteiger partial charge in [-0.25, -0.2) is 9.37 Å². The van der Waals surface area contributed by atoms with Crippen molar-refractivity contribution in [1.29, 1.82) is 0 Å². The number of halogens is 4. The van der Waals surface area contributed by atoms with Crippen LogP contribution in [0.4, 0.5) is 23.2 Å². The summed E-state index contributed by atoms with van der Waals surface area (Å²) in [4.78, 5) is 21.0. The van der Waals surface area contributed by atoms with Crippen molar-refractivity contribution >= 4 is 33.5 Å². The number of thiazole rings is 1. The second-order valence-electron chi connectivity index (χ2n) is 9.01. The molecule has 1 N–H and O–H groups in total. The van der Waals surface area contributed by atoms with Crippen molar-refractivity contribution in [2.45, 2.75) is 33.2 Å². The van der Waals surface area contributed by atoms with Gasteiger partial charge in [-0.3, -0.25) is 9.20 Å². The maximum absolute atomic E-state index is 15.0. The average Bonchev–Trinajstić information content (AvgIpc) is 3.36. The van der Waals surface area contributed by atoms with Gasteiger partial charge in [0.2, 0.25) is 0 Å². The Hall–Kier alpha value is -3.86. The number of ether oxygens (including phenoxy) is 1. The van der Waals surface area contributed by atoms with E-state index < -0.39 is 12.2 Å². The number of aryl methyl sites for hydroxylation is 2. The molecule has 0 fully saturated rings. The summed E-state index contributed by atoms with van der Waals surface area (Å²) < 4.78 is 57.8. The van der Waals surface area contributed by atoms with E-state index in [0.29, 0.717) is 42.1 Å². The van der Waals surface area contributed by atoms with Crippen molar-refractivity contribution < 1.29 is 27.1 Å². The predicted molar refractivity (Wildman–Crippen MR) is 138 cm³/mol. The molecular formula is C27H24F4N4O2S. The molecule has 11 heteroatoms. The zero-order valence-electron chi connectivity index (χ0n) is 20.6. The number of hydrogen-bond acceptors (Lipinski definition) is 5. The van der Waals surface area contributed by atoms with Gasteiger partial charge in [-0.2, -0.15) is 0 Å². The number of alkyl halides is 3. The summed E-state index contributed by atoms with van der Waals surface area (Å²) in [5, 5.41) is 2.85. The maximum atomic E-state index is 15.0. The Kier molecular flexibility index (Phi) is 6.87. The van der Waals surface area contributed by atoms with Gasteiger partial charge >= 0.3 is 6.36 Å². The molecule has 4 aromatic rings. The molecule has 1 aliphatic rings. The molecule has 198 valence electrons. The highest BCUT2D eigenvalue weighted by molar-refractivity contribution is 7.17. The highest BCUT2D eigenvalue weighted by Gasteiger charge is 2.31. The number of fused-ring (bicyclic) bond motifs is 1. The van der Waals surface area contributed by atoms with Crippen LogP contribution in [0.5, 0.6) is 5.75 Å². The molecule has 0 radical (unpaired) electrons. The Morgan fingerprint density at radius 2 is 1.92 bits per heavy atom. The second kappa shape index (κ2) is 10.1. The van der Waals surface area contributed by atoms with Gasteiger partial charge < -0.3 is 15.0 Å². The molecule has 1 amide bonds. The van der Waals surface area contributed by atoms with Gasteiger partial charge in [-0.15, -0.1) is 24.5 Å². The van der Waals surface area contributed by atoms with E-state index in [2.05, 4.69) is 15.0 Å². The van der Waals surface area contributed by atoms with Crippen LogP contribution in [0.2, 0.25) is 0 Å². The lowest BCUT2D eigenvalue weighted by molar-refractivity contribution is -0.274. The van der Waals surface area contributed by atoms with Crippen molar-refractivity contribution in [3.05, 3.63) is 87.9 Å². The molecule has 0 atom stereocenters. The van der Waals surface area contributed by atoms with Gasteiger partial charge in [0.15, 0.2) is 4.96 Å². The molecule has 2 aromatic heterocycles. The number of nitrogens with zero attached hydrogens (tertiary/aromatic N) is 3. The molecule has 0 bridgehead atoms. The number of carbonyl (C=O) groups is 1. The number of hydrogen-bond donors (Lipinski definition) is 1. The molecule has 3 heterocycles. The quantitative estimate of drug-likeness (QED) is 0.291. The Morgan fingerprint density at radius 1 is 1.16 bits per heavy atom. The zero-order valence-corrected chi connectivity index (χ0v) is 21.4. The van der Waals surface area contributed by atoms with Gasteiger partial charge in [0.05, 0.1) is 11.4 Å². The first-order valence-corrected chi connectivity index (χ1v) is 12.7. The van der Waals surface area contributed by atoms with E-state index in [0.717, 1.165) is 21.0 Å². The number of imidazole rings is 1. The Morgan fingerprint density at radius 3 is 2.58 bits per heavy atom. The fourth-order valence-corrected chi connectivity index (χ4v) is 5.41. The average molecular weight is 545 g/mol. The monoisotopic (exact) mass is 544 g/mol. The highest BCUT2D eigenvalue weighted by Crippen LogP contribution is 2.30. The molecule has 38 heavy (non-hydrogen) atoms. The van der Waals surface area contributed by atoms with Crippen LogP contribution in [-0.4, -0.2) is 34.7 Å². The van der Waals surface area contributed by atoms with Gasteiger partial charge in [-0.05, 0) is 61.2 Å². The molecule has 0 saturated heterocycles. The van der Waals surface area contributed by atoms with E-state index in [1.807, 2.05) is 24.1 Å². The van der Waals surface area contributed by atoms with E-state index in [9.17, 15) is 18.0 Å². The normalized spacial score (nSPS) is 14.1. The van der Waals surface area contributed by atoms with Gasteiger partial charge in [0.25, 0.3) is 5.91 Å². The minimum absolute atomic E-state index is 0.171. The number of nitrogens with one attached hydrogen (secondary N) is 1. The minimum Gasteiger partial charge on any atom is -0.406 e. The number of anilines is 1. The van der Waals surface area contributed by atoms with Gasteiger partial charge in [0, 0.05) is 30.7 Å². The Labute approximate surface area is 220 Å². The summed E-state index contributed by atoms with van der Waals surface area (Å²) in [6.45, 7) is 4.92. The van der Waals surface area contributed by atoms with Gasteiger partial charge in [-0.1, -0.05) is 24.3 Å². The van der Waals surface area contributed by atoms with Gasteiger partial charge in [0.1, 0.15) is 17.3 Å². The largest absolute Gasteiger partial charge is 0.573 e. The number of amides is 1. The first-order valence-electron chi connectivity index (χ1n) is 11.9. The molecular weight excluding hydrogens is 520 g/mol. The molecule has 0 spiro atoms. The summed E-state index contributed by atoms with van der Waals surface area (Å²) in [5.41, 5.74) is 3.97. The second-order valence-corrected chi connectivity index (χ2v) is 10.2. The lowest BCUT2D eigenvalue weighted by atomic mass is 9.99. The van der Waals surface area contributed by atoms with Crippen molar-refractivity contribution in [2.75, 3.05) is 18.0 Å². The molecule has 5 rings (SSSR count). The third-order valence-electron chi connectivity index (χ3n) is 6.30. The van der Waals surface area contributed by atoms with Crippen molar-refractivity contribution in [2.24, 2.45) is 0 Å². The third-order valence-corrected chi connectivity index (χ3v) is 7.20. The first-order chi connectivity index (χ1) is 18.1. The number of rotatable bonds is 6. The zero-order chi connectivity index (χ0) is 27.0. The van der Waals surface area contributed by atoms with E-state index in [1.54, 1.807) is 35.6 Å². The first kappa shape index (κ1) is 25.8. The standard InChI is InChI=1S/C27H24F4N4O2S/c1-16-15-35-24(17(2)33-26(35)38-16)25(36)32-14-18-3-8-23(22(28)13-18)34-11-9-20(10-12-34)19-4-6-21(7-5-19)37-27(29,30)31/h3-9,13,15H,10-12,14H2,1-2H3,(H,32,36). The summed E-state index contributed by atoms with van der Waals surface area (Å²) in [7, 11) is 0. The topological polar surface area (TPSA) is 58.9 Å². The van der Waals surface area contributed by atoms with E-state index in [1.165, 1.54) is 29.5 Å². The predicted octanol–water partition coefficient (Wildman–Crippen LogP) is 6.27. The number of carbonyl (C=O) groups excluding carboxylic acids is 1. The molecule has 0 saturated carbocycles. The summed E-state index contributed by atoms with van der Waals surface area (Å²) in [6.07, 6.45) is -0.304. The highest BCUT2D eigenvalue weighted by atomic mass is 32.1. The van der Waals surface area contributed by atoms with Crippen LogP contribution in [0.1, 0.15) is 38.6 Å². The maximum Gasteiger partial charge on any atom is 0.573 e. The Balaban J connectivity index is 1.21. The summed E-state index contributed by atoms with van der Waals surface area (Å²) in [6, 6.07) is 10.6. The van der Waals surface area contributed by atoms with E-state index in [4.69, 9.17) is 0 Å². The lowest BCUT2D eigenvalue weighted by Crippen LogP contribution is -2.29. The fourth-order valence-electron chi connectivity index (χ4n) is 4.54. The van der Waals surface area contributed by atoms with Crippen LogP contribution in [-0.2, 0) is 6.54 Å². The van der Waals surface area contributed by atoms with E-state index in [-0.39, 0.29) is 18.2 Å². The van der Waals surface area contributed by atoms with Crippen molar-refractivity contribution in [3.8, 4) is 5.75 Å². The molecule has 2 aromatic carbocycles. The molecule has 6 nitrogen and oxygen atoms in total. The summed E-state index contributed by atoms with van der Waals surface area (Å²) >= 11 is 1.51. The summed E-state index contributed by atoms with van der Waals surface area (Å²) in [5.74, 6) is -0.935. The van der Waals surface area contributed by atoms with Crippen molar-refractivity contribution in [3.63, 3.8) is 0 Å². The van der Waals surface area contributed by atoms with Crippen LogP contribution in [0.3, 0.4) is 0 Å². The van der Waals surface area contributed by atoms with Crippen LogP contribution in [0, 0.1) is 19.7 Å². The molecule has 0 aliphatic carbocycles. The minimum atomic E-state index is -4.73. The lowest BCUT2D eigenvalue weighted by Gasteiger charge is -2.29. The van der Waals surface area contributed by atoms with Crippen LogP contribution >= 0.6 is 11.3 Å². The van der Waals surface area contributed by atoms with Crippen LogP contribution in [0.15, 0.2) is 54.7 Å². The van der Waals surface area contributed by atoms with Crippen LogP contribution < -0.4 is 15.0 Å². The SMILES string of the molecule is Cc1cn2c(C(=O)NCc3ccc(N4CC=C(c5ccc(OC(F)(F)F)cc5)CC4)c(F)c3)c(C)nc2s1. The smallest absolute Gasteiger partial charge is 0.406 e.